The first-order valence-corrected chi connectivity index (χ1v) is 11.4. The maximum atomic E-state index is 12.9. The molecule has 10 nitrogen and oxygen atoms in total. The van der Waals surface area contributed by atoms with Crippen LogP contribution >= 0.6 is 0 Å². The molecule has 1 heterocycles. The zero-order valence-electron chi connectivity index (χ0n) is 16.6. The first kappa shape index (κ1) is 22.0. The molecular formula is C19H26N4O6S. The first-order chi connectivity index (χ1) is 14.1. The Labute approximate surface area is 175 Å². The van der Waals surface area contributed by atoms with Gasteiger partial charge in [0.15, 0.2) is 0 Å². The Morgan fingerprint density at radius 3 is 2.40 bits per heavy atom. The summed E-state index contributed by atoms with van der Waals surface area (Å²) < 4.78 is 26.4. The zero-order chi connectivity index (χ0) is 22.1. The molecule has 11 heteroatoms. The maximum Gasteiger partial charge on any atom is 0.259 e. The fourth-order valence-corrected chi connectivity index (χ4v) is 5.06. The van der Waals surface area contributed by atoms with Crippen molar-refractivity contribution in [3.05, 3.63) is 25.3 Å². The van der Waals surface area contributed by atoms with Crippen molar-refractivity contribution >= 4 is 33.7 Å². The van der Waals surface area contributed by atoms with E-state index in [9.17, 15) is 27.6 Å². The van der Waals surface area contributed by atoms with Crippen LogP contribution in [0.3, 0.4) is 0 Å². The van der Waals surface area contributed by atoms with Crippen molar-refractivity contribution in [3.8, 4) is 0 Å². The number of hydrogen-bond donors (Lipinski definition) is 3. The summed E-state index contributed by atoms with van der Waals surface area (Å²) in [6, 6.07) is -0.797. The molecule has 1 saturated heterocycles. The van der Waals surface area contributed by atoms with E-state index in [1.165, 1.54) is 11.0 Å². The number of amides is 4. The summed E-state index contributed by atoms with van der Waals surface area (Å²) in [7, 11) is -3.76. The molecule has 0 spiro atoms. The zero-order valence-corrected chi connectivity index (χ0v) is 17.4. The van der Waals surface area contributed by atoms with Gasteiger partial charge in [-0.3, -0.25) is 23.9 Å². The average molecular weight is 439 g/mol. The normalized spacial score (nSPS) is 27.7. The molecule has 2 saturated carbocycles. The van der Waals surface area contributed by atoms with Crippen molar-refractivity contribution in [1.29, 1.82) is 0 Å². The molecule has 30 heavy (non-hydrogen) atoms. The first-order valence-electron chi connectivity index (χ1n) is 9.85. The Morgan fingerprint density at radius 2 is 1.83 bits per heavy atom. The highest BCUT2D eigenvalue weighted by Gasteiger charge is 2.61. The summed E-state index contributed by atoms with van der Waals surface area (Å²) in [6.07, 6.45) is 4.81. The minimum absolute atomic E-state index is 0.240. The van der Waals surface area contributed by atoms with Gasteiger partial charge in [0.2, 0.25) is 27.7 Å². The standard InChI is InChI=1S/C19H26N4O6S/c1-3-12-10-19(12,18(27)22-30(28,29)13-7-8-13)21-17(26)14-6-5-9-23(14)16(25)11-20-15(24)4-2/h3-4,12-14H,1-2,5-11H2,(H,20,24)(H,21,26)(H,22,27)/t12-,14+,19-/m1/s1. The Kier molecular flexibility index (Phi) is 6.02. The number of likely N-dealkylation sites (tertiary alicyclic amines) is 1. The van der Waals surface area contributed by atoms with Crippen molar-refractivity contribution in [2.24, 2.45) is 5.92 Å². The van der Waals surface area contributed by atoms with Crippen molar-refractivity contribution < 1.29 is 27.6 Å². The summed E-state index contributed by atoms with van der Waals surface area (Å²) in [5.74, 6) is -2.62. The summed E-state index contributed by atoms with van der Waals surface area (Å²) >= 11 is 0. The minimum Gasteiger partial charge on any atom is -0.343 e. The van der Waals surface area contributed by atoms with Gasteiger partial charge in [-0.25, -0.2) is 8.42 Å². The molecule has 3 fully saturated rings. The maximum absolute atomic E-state index is 12.9. The Morgan fingerprint density at radius 1 is 1.13 bits per heavy atom. The SMILES string of the molecule is C=CC(=O)NCC(=O)N1CCC[C@H]1C(=O)N[C@]1(C(=O)NS(=O)(=O)C2CC2)C[C@H]1C=C. The van der Waals surface area contributed by atoms with Crippen LogP contribution in [0.4, 0.5) is 0 Å². The highest BCUT2D eigenvalue weighted by Crippen LogP contribution is 2.45. The van der Waals surface area contributed by atoms with Crippen LogP contribution < -0.4 is 15.4 Å². The Hall–Kier alpha value is -2.69. The largest absolute Gasteiger partial charge is 0.343 e. The van der Waals surface area contributed by atoms with Crippen molar-refractivity contribution in [1.82, 2.24) is 20.3 Å². The van der Waals surface area contributed by atoms with Gasteiger partial charge < -0.3 is 15.5 Å². The van der Waals surface area contributed by atoms with E-state index in [0.717, 1.165) is 6.08 Å². The molecule has 0 unspecified atom stereocenters. The van der Waals surface area contributed by atoms with Gasteiger partial charge in [-0.2, -0.15) is 0 Å². The molecule has 0 radical (unpaired) electrons. The summed E-state index contributed by atoms with van der Waals surface area (Å²) in [4.78, 5) is 50.7. The quantitative estimate of drug-likeness (QED) is 0.310. The highest BCUT2D eigenvalue weighted by molar-refractivity contribution is 7.91. The molecule has 0 bridgehead atoms. The van der Waals surface area contributed by atoms with E-state index in [1.54, 1.807) is 0 Å². The molecule has 164 valence electrons. The van der Waals surface area contributed by atoms with Crippen molar-refractivity contribution in [2.45, 2.75) is 48.9 Å². The van der Waals surface area contributed by atoms with Crippen molar-refractivity contribution in [2.75, 3.05) is 13.1 Å². The molecule has 0 aromatic heterocycles. The second kappa shape index (κ2) is 8.21. The third-order valence-corrected chi connectivity index (χ3v) is 7.54. The molecule has 4 amide bonds. The third-order valence-electron chi connectivity index (χ3n) is 5.72. The van der Waals surface area contributed by atoms with Crippen LogP contribution in [0.1, 0.15) is 32.1 Å². The molecule has 2 aliphatic carbocycles. The minimum atomic E-state index is -3.76. The van der Waals surface area contributed by atoms with Gasteiger partial charge in [-0.05, 0) is 38.2 Å². The average Bonchev–Trinajstić information content (AvgIpc) is 3.62. The Balaban J connectivity index is 1.66. The van der Waals surface area contributed by atoms with Gasteiger partial charge in [-0.1, -0.05) is 12.7 Å². The monoisotopic (exact) mass is 438 g/mol. The number of nitrogens with zero attached hydrogens (tertiary/aromatic N) is 1. The van der Waals surface area contributed by atoms with Gasteiger partial charge in [0.1, 0.15) is 11.6 Å². The lowest BCUT2D eigenvalue weighted by atomic mass is 10.1. The molecule has 3 rings (SSSR count). The molecule has 0 aromatic carbocycles. The highest BCUT2D eigenvalue weighted by atomic mass is 32.2. The van der Waals surface area contributed by atoms with Gasteiger partial charge in [-0.15, -0.1) is 6.58 Å². The lowest BCUT2D eigenvalue weighted by molar-refractivity contribution is -0.139. The van der Waals surface area contributed by atoms with Crippen LogP contribution in [0.25, 0.3) is 0 Å². The molecule has 1 aliphatic heterocycles. The molecule has 3 N–H and O–H groups in total. The molecule has 0 aromatic rings. The summed E-state index contributed by atoms with van der Waals surface area (Å²) in [6.45, 7) is 7.04. The van der Waals surface area contributed by atoms with E-state index in [-0.39, 0.29) is 13.0 Å². The van der Waals surface area contributed by atoms with E-state index in [1.807, 2.05) is 0 Å². The lowest BCUT2D eigenvalue weighted by Crippen LogP contribution is -2.57. The second-order valence-electron chi connectivity index (χ2n) is 7.85. The van der Waals surface area contributed by atoms with Gasteiger partial charge in [0, 0.05) is 12.5 Å². The predicted octanol–water partition coefficient (Wildman–Crippen LogP) is -1.05. The number of rotatable bonds is 9. The lowest BCUT2D eigenvalue weighted by Gasteiger charge is -2.26. The van der Waals surface area contributed by atoms with E-state index in [2.05, 4.69) is 28.5 Å². The predicted molar refractivity (Wildman–Crippen MR) is 107 cm³/mol. The molecule has 3 aliphatic rings. The van der Waals surface area contributed by atoms with Gasteiger partial charge in [0.25, 0.3) is 5.91 Å². The van der Waals surface area contributed by atoms with Crippen LogP contribution in [-0.2, 0) is 29.2 Å². The molecule has 3 atom stereocenters. The third kappa shape index (κ3) is 4.40. The number of hydrogen-bond acceptors (Lipinski definition) is 6. The van der Waals surface area contributed by atoms with Crippen LogP contribution in [0.15, 0.2) is 25.3 Å². The Bertz CT molecular complexity index is 897. The van der Waals surface area contributed by atoms with E-state index < -0.39 is 56.4 Å². The summed E-state index contributed by atoms with van der Waals surface area (Å²) in [5, 5.41) is 4.48. The number of carbonyl (C=O) groups excluding carboxylic acids is 4. The van der Waals surface area contributed by atoms with Crippen molar-refractivity contribution in [3.63, 3.8) is 0 Å². The smallest absolute Gasteiger partial charge is 0.259 e. The summed E-state index contributed by atoms with van der Waals surface area (Å²) in [5.41, 5.74) is -1.38. The topological polar surface area (TPSA) is 142 Å². The fraction of sp³-hybridized carbons (Fsp3) is 0.579. The molecular weight excluding hydrogens is 412 g/mol. The van der Waals surface area contributed by atoms with Crippen LogP contribution in [0.2, 0.25) is 0 Å². The second-order valence-corrected chi connectivity index (χ2v) is 9.81. The van der Waals surface area contributed by atoms with Crippen LogP contribution in [-0.4, -0.2) is 66.9 Å². The van der Waals surface area contributed by atoms with E-state index in [0.29, 0.717) is 32.2 Å². The van der Waals surface area contributed by atoms with E-state index >= 15 is 0 Å². The van der Waals surface area contributed by atoms with Crippen LogP contribution in [0.5, 0.6) is 0 Å². The number of carbonyl (C=O) groups is 4. The van der Waals surface area contributed by atoms with Crippen LogP contribution in [0, 0.1) is 5.92 Å². The fourth-order valence-electron chi connectivity index (χ4n) is 3.69. The number of sulfonamides is 1. The van der Waals surface area contributed by atoms with Gasteiger partial charge in [0.05, 0.1) is 11.8 Å². The van der Waals surface area contributed by atoms with Gasteiger partial charge >= 0.3 is 0 Å². The van der Waals surface area contributed by atoms with E-state index in [4.69, 9.17) is 0 Å². The number of nitrogens with one attached hydrogen (secondary N) is 3.